The zero-order valence-corrected chi connectivity index (χ0v) is 19.9. The summed E-state index contributed by atoms with van der Waals surface area (Å²) >= 11 is 2.96. The monoisotopic (exact) mass is 477 g/mol. The summed E-state index contributed by atoms with van der Waals surface area (Å²) in [7, 11) is 0. The van der Waals surface area contributed by atoms with Crippen molar-refractivity contribution < 1.29 is 9.59 Å². The fourth-order valence-corrected chi connectivity index (χ4v) is 4.66. The maximum Gasteiger partial charge on any atom is 0.255 e. The third-order valence-electron chi connectivity index (χ3n) is 4.85. The Balaban J connectivity index is 1.31. The molecule has 0 fully saturated rings. The van der Waals surface area contributed by atoms with Gasteiger partial charge >= 0.3 is 0 Å². The lowest BCUT2D eigenvalue weighted by Crippen LogP contribution is -2.15. The van der Waals surface area contributed by atoms with Crippen LogP contribution in [0.5, 0.6) is 0 Å². The molecular weight excluding hydrogens is 454 g/mol. The molecule has 9 heteroatoms. The average molecular weight is 478 g/mol. The van der Waals surface area contributed by atoms with Gasteiger partial charge < -0.3 is 15.2 Å². The number of benzene rings is 2. The summed E-state index contributed by atoms with van der Waals surface area (Å²) in [4.78, 5) is 25.8. The van der Waals surface area contributed by atoms with Gasteiger partial charge in [-0.3, -0.25) is 9.59 Å². The maximum absolute atomic E-state index is 12.4. The van der Waals surface area contributed by atoms with E-state index in [2.05, 4.69) is 20.8 Å². The highest BCUT2D eigenvalue weighted by molar-refractivity contribution is 7.99. The van der Waals surface area contributed by atoms with Gasteiger partial charge in [0.1, 0.15) is 0 Å². The third kappa shape index (κ3) is 5.68. The number of amides is 2. The topological polar surface area (TPSA) is 88.9 Å². The number of rotatable bonds is 8. The van der Waals surface area contributed by atoms with Crippen molar-refractivity contribution in [3.63, 3.8) is 0 Å². The molecule has 2 aromatic carbocycles. The van der Waals surface area contributed by atoms with E-state index in [9.17, 15) is 9.59 Å². The molecule has 0 saturated heterocycles. The van der Waals surface area contributed by atoms with Gasteiger partial charge in [0.15, 0.2) is 11.0 Å². The number of hydrogen-bond donors (Lipinski definition) is 2. The first-order valence-electron chi connectivity index (χ1n) is 10.4. The number of hydrogen-bond acceptors (Lipinski definition) is 6. The Hall–Kier alpha value is -3.43. The van der Waals surface area contributed by atoms with Gasteiger partial charge in [0.2, 0.25) is 5.91 Å². The molecule has 0 saturated carbocycles. The van der Waals surface area contributed by atoms with Crippen molar-refractivity contribution in [2.24, 2.45) is 0 Å². The zero-order valence-electron chi connectivity index (χ0n) is 18.2. The van der Waals surface area contributed by atoms with E-state index in [0.29, 0.717) is 22.1 Å². The molecule has 0 spiro atoms. The second-order valence-electron chi connectivity index (χ2n) is 7.26. The van der Waals surface area contributed by atoms with Crippen molar-refractivity contribution >= 4 is 46.3 Å². The molecule has 0 aliphatic heterocycles. The normalized spacial score (nSPS) is 10.7. The zero-order chi connectivity index (χ0) is 23.2. The van der Waals surface area contributed by atoms with Crippen LogP contribution in [0.1, 0.15) is 22.8 Å². The summed E-state index contributed by atoms with van der Waals surface area (Å²) in [5.41, 5.74) is 3.01. The summed E-state index contributed by atoms with van der Waals surface area (Å²) in [6.07, 6.45) is 0. The van der Waals surface area contributed by atoms with Crippen LogP contribution in [0.4, 0.5) is 11.4 Å². The fourth-order valence-electron chi connectivity index (χ4n) is 3.14. The number of nitrogens with one attached hydrogen (secondary N) is 2. The number of aromatic nitrogens is 3. The van der Waals surface area contributed by atoms with Crippen molar-refractivity contribution in [1.29, 1.82) is 0 Å². The first kappa shape index (κ1) is 22.8. The Kier molecular flexibility index (Phi) is 7.21. The molecule has 0 atom stereocenters. The van der Waals surface area contributed by atoms with Gasteiger partial charge in [0.25, 0.3) is 5.91 Å². The molecule has 0 aliphatic carbocycles. The summed E-state index contributed by atoms with van der Waals surface area (Å²) in [6, 6.07) is 18.4. The molecule has 0 aliphatic rings. The Morgan fingerprint density at radius 1 is 0.970 bits per heavy atom. The van der Waals surface area contributed by atoms with E-state index in [0.717, 1.165) is 22.8 Å². The van der Waals surface area contributed by atoms with E-state index in [4.69, 9.17) is 0 Å². The van der Waals surface area contributed by atoms with Gasteiger partial charge in [-0.15, -0.1) is 21.5 Å². The van der Waals surface area contributed by atoms with Crippen LogP contribution < -0.4 is 10.6 Å². The van der Waals surface area contributed by atoms with E-state index < -0.39 is 0 Å². The second-order valence-corrected chi connectivity index (χ2v) is 9.15. The lowest BCUT2D eigenvalue weighted by molar-refractivity contribution is -0.113. The number of aryl methyl sites for hydroxylation is 1. The minimum atomic E-state index is -0.176. The highest BCUT2D eigenvalue weighted by Gasteiger charge is 2.15. The largest absolute Gasteiger partial charge is 0.325 e. The van der Waals surface area contributed by atoms with Crippen LogP contribution in [-0.4, -0.2) is 32.3 Å². The van der Waals surface area contributed by atoms with Gasteiger partial charge in [-0.25, -0.2) is 0 Å². The van der Waals surface area contributed by atoms with Gasteiger partial charge in [0.05, 0.1) is 10.6 Å². The Labute approximate surface area is 200 Å². The predicted octanol–water partition coefficient (Wildman–Crippen LogP) is 5.32. The Morgan fingerprint density at radius 2 is 1.67 bits per heavy atom. The summed E-state index contributed by atoms with van der Waals surface area (Å²) in [5, 5.41) is 17.0. The molecule has 4 aromatic rings. The van der Waals surface area contributed by atoms with Crippen molar-refractivity contribution in [3.8, 4) is 10.7 Å². The van der Waals surface area contributed by atoms with Crippen molar-refractivity contribution in [1.82, 2.24) is 14.8 Å². The van der Waals surface area contributed by atoms with Crippen LogP contribution in [0.3, 0.4) is 0 Å². The van der Waals surface area contributed by atoms with Gasteiger partial charge in [-0.1, -0.05) is 35.5 Å². The molecule has 33 heavy (non-hydrogen) atoms. The lowest BCUT2D eigenvalue weighted by atomic mass is 10.1. The van der Waals surface area contributed by atoms with Crippen molar-refractivity contribution in [2.75, 3.05) is 16.4 Å². The average Bonchev–Trinajstić information content (AvgIpc) is 3.49. The maximum atomic E-state index is 12.4. The van der Waals surface area contributed by atoms with E-state index >= 15 is 0 Å². The summed E-state index contributed by atoms with van der Waals surface area (Å²) < 4.78 is 2.01. The number of carbonyl (C=O) groups excluding carboxylic acids is 2. The predicted molar refractivity (Wildman–Crippen MR) is 134 cm³/mol. The smallest absolute Gasteiger partial charge is 0.255 e. The molecule has 2 amide bonds. The van der Waals surface area contributed by atoms with Crippen LogP contribution in [0.15, 0.2) is 71.2 Å². The molecule has 0 bridgehead atoms. The van der Waals surface area contributed by atoms with Crippen molar-refractivity contribution in [3.05, 3.63) is 77.2 Å². The number of nitrogens with zero attached hydrogens (tertiary/aromatic N) is 3. The van der Waals surface area contributed by atoms with E-state index in [-0.39, 0.29) is 17.6 Å². The minimum Gasteiger partial charge on any atom is -0.325 e. The molecule has 7 nitrogen and oxygen atoms in total. The van der Waals surface area contributed by atoms with Gasteiger partial charge in [0, 0.05) is 23.5 Å². The molecule has 0 unspecified atom stereocenters. The SMILES string of the molecule is CCn1c(SCC(=O)Nc2ccc(NC(=O)c3ccc(C)cc3)cc2)nnc1-c1cccs1. The van der Waals surface area contributed by atoms with Gasteiger partial charge in [-0.2, -0.15) is 0 Å². The first-order chi connectivity index (χ1) is 16.0. The standard InChI is InChI=1S/C24H23N5O2S2/c1-3-29-22(20-5-4-14-32-20)27-28-24(29)33-15-21(30)25-18-10-12-19(13-11-18)26-23(31)17-8-6-16(2)7-9-17/h4-14H,3,15H2,1-2H3,(H,25,30)(H,26,31). The molecule has 2 heterocycles. The number of anilines is 2. The first-order valence-corrected chi connectivity index (χ1v) is 12.3. The molecule has 2 aromatic heterocycles. The fraction of sp³-hybridized carbons (Fsp3) is 0.167. The lowest BCUT2D eigenvalue weighted by Gasteiger charge is -2.09. The Morgan fingerprint density at radius 3 is 2.30 bits per heavy atom. The molecule has 168 valence electrons. The highest BCUT2D eigenvalue weighted by atomic mass is 32.2. The van der Waals surface area contributed by atoms with Crippen LogP contribution >= 0.6 is 23.1 Å². The quantitative estimate of drug-likeness (QED) is 0.335. The third-order valence-corrected chi connectivity index (χ3v) is 6.68. The highest BCUT2D eigenvalue weighted by Crippen LogP contribution is 2.27. The number of thioether (sulfide) groups is 1. The summed E-state index contributed by atoms with van der Waals surface area (Å²) in [6.45, 7) is 4.73. The molecule has 4 rings (SSSR count). The van der Waals surface area contributed by atoms with Crippen LogP contribution in [0, 0.1) is 6.92 Å². The Bertz CT molecular complexity index is 1230. The van der Waals surface area contributed by atoms with Crippen LogP contribution in [0.2, 0.25) is 0 Å². The van der Waals surface area contributed by atoms with Gasteiger partial charge in [-0.05, 0) is 61.7 Å². The van der Waals surface area contributed by atoms with Crippen LogP contribution in [0.25, 0.3) is 10.7 Å². The number of thiophene rings is 1. The van der Waals surface area contributed by atoms with E-state index in [1.807, 2.05) is 48.1 Å². The van der Waals surface area contributed by atoms with Crippen molar-refractivity contribution in [2.45, 2.75) is 25.5 Å². The van der Waals surface area contributed by atoms with E-state index in [1.165, 1.54) is 11.8 Å². The van der Waals surface area contributed by atoms with E-state index in [1.54, 1.807) is 47.7 Å². The molecule has 2 N–H and O–H groups in total. The second kappa shape index (κ2) is 10.5. The molecular formula is C24H23N5O2S2. The summed E-state index contributed by atoms with van der Waals surface area (Å²) in [5.74, 6) is 0.720. The van der Waals surface area contributed by atoms with Crippen LogP contribution in [-0.2, 0) is 11.3 Å². The molecule has 0 radical (unpaired) electrons. The minimum absolute atomic E-state index is 0.139. The number of carbonyl (C=O) groups is 2.